The van der Waals surface area contributed by atoms with E-state index in [4.69, 9.17) is 0 Å². The Morgan fingerprint density at radius 2 is 1.48 bits per heavy atom. The van der Waals surface area contributed by atoms with E-state index in [-0.39, 0.29) is 17.6 Å². The molecular formula is C18H17F3N2O3S. The Kier molecular flexibility index (Phi) is 6.73. The maximum atomic E-state index is 12.2. The molecule has 2 N–H and O–H groups in total. The second kappa shape index (κ2) is 8.81. The molecule has 0 radical (unpaired) electrons. The van der Waals surface area contributed by atoms with Crippen LogP contribution in [0, 0.1) is 0 Å². The van der Waals surface area contributed by atoms with Gasteiger partial charge in [-0.2, -0.15) is 0 Å². The first-order chi connectivity index (χ1) is 12.6. The first-order valence-electron chi connectivity index (χ1n) is 7.83. The summed E-state index contributed by atoms with van der Waals surface area (Å²) in [4.78, 5) is 24.1. The number of hydrogen-bond donors (Lipinski definition) is 2. The number of hydrogen-bond acceptors (Lipinski definition) is 4. The van der Waals surface area contributed by atoms with Gasteiger partial charge < -0.3 is 15.4 Å². The van der Waals surface area contributed by atoms with Gasteiger partial charge in [-0.3, -0.25) is 9.59 Å². The van der Waals surface area contributed by atoms with E-state index in [1.807, 2.05) is 0 Å². The molecular weight excluding hydrogens is 381 g/mol. The molecule has 27 heavy (non-hydrogen) atoms. The Hall–Kier alpha value is -2.68. The lowest BCUT2D eigenvalue weighted by molar-refractivity contribution is -0.274. The van der Waals surface area contributed by atoms with Crippen molar-refractivity contribution < 1.29 is 27.5 Å². The molecule has 1 atom stereocenters. The molecule has 0 aliphatic rings. The number of thioether (sulfide) groups is 1. The lowest BCUT2D eigenvalue weighted by Crippen LogP contribution is -2.22. The summed E-state index contributed by atoms with van der Waals surface area (Å²) in [5, 5.41) is 4.85. The number of carbonyl (C=O) groups is 2. The smallest absolute Gasteiger partial charge is 0.406 e. The van der Waals surface area contributed by atoms with Crippen molar-refractivity contribution in [3.8, 4) is 5.75 Å². The zero-order valence-electron chi connectivity index (χ0n) is 14.5. The Morgan fingerprint density at radius 1 is 0.963 bits per heavy atom. The van der Waals surface area contributed by atoms with Crippen LogP contribution >= 0.6 is 11.8 Å². The van der Waals surface area contributed by atoms with Crippen molar-refractivity contribution in [3.63, 3.8) is 0 Å². The molecule has 0 unspecified atom stereocenters. The van der Waals surface area contributed by atoms with E-state index in [2.05, 4.69) is 15.4 Å². The van der Waals surface area contributed by atoms with E-state index >= 15 is 0 Å². The highest BCUT2D eigenvalue weighted by Gasteiger charge is 2.31. The minimum atomic E-state index is -4.76. The lowest BCUT2D eigenvalue weighted by atomic mass is 10.3. The third kappa shape index (κ3) is 7.22. The molecule has 0 saturated heterocycles. The average molecular weight is 398 g/mol. The topological polar surface area (TPSA) is 67.4 Å². The fourth-order valence-electron chi connectivity index (χ4n) is 2.06. The molecule has 0 aromatic heterocycles. The molecule has 2 aromatic rings. The van der Waals surface area contributed by atoms with Gasteiger partial charge in [0.1, 0.15) is 5.75 Å². The Morgan fingerprint density at radius 3 is 2.00 bits per heavy atom. The van der Waals surface area contributed by atoms with Gasteiger partial charge in [0.05, 0.1) is 5.25 Å². The average Bonchev–Trinajstić information content (AvgIpc) is 2.56. The number of alkyl halides is 3. The minimum absolute atomic E-state index is 0.171. The molecule has 0 fully saturated rings. The van der Waals surface area contributed by atoms with Gasteiger partial charge in [0.25, 0.3) is 0 Å². The first kappa shape index (κ1) is 20.6. The molecule has 0 saturated carbocycles. The van der Waals surface area contributed by atoms with Crippen molar-refractivity contribution in [1.82, 2.24) is 0 Å². The number of ether oxygens (including phenoxy) is 1. The summed E-state index contributed by atoms with van der Waals surface area (Å²) in [6, 6.07) is 11.9. The molecule has 0 spiro atoms. The Balaban J connectivity index is 1.90. The second-order valence-corrected chi connectivity index (χ2v) is 6.94. The second-order valence-electron chi connectivity index (χ2n) is 5.53. The third-order valence-electron chi connectivity index (χ3n) is 3.21. The van der Waals surface area contributed by atoms with E-state index in [1.165, 1.54) is 30.8 Å². The maximum absolute atomic E-state index is 12.2. The van der Waals surface area contributed by atoms with Gasteiger partial charge in [-0.1, -0.05) is 0 Å². The van der Waals surface area contributed by atoms with Gasteiger partial charge >= 0.3 is 6.36 Å². The summed E-state index contributed by atoms with van der Waals surface area (Å²) in [5.74, 6) is -0.826. The largest absolute Gasteiger partial charge is 0.573 e. The van der Waals surface area contributed by atoms with Crippen LogP contribution in [0.4, 0.5) is 24.5 Å². The number of halogens is 3. The molecule has 0 heterocycles. The number of nitrogens with one attached hydrogen (secondary N) is 2. The number of rotatable bonds is 6. The molecule has 0 bridgehead atoms. The predicted octanol–water partition coefficient (Wildman–Crippen LogP) is 4.66. The van der Waals surface area contributed by atoms with Crippen molar-refractivity contribution in [2.24, 2.45) is 0 Å². The molecule has 0 aliphatic heterocycles. The monoisotopic (exact) mass is 398 g/mol. The molecule has 5 nitrogen and oxygen atoms in total. The highest BCUT2D eigenvalue weighted by Crippen LogP contribution is 2.27. The number of benzene rings is 2. The van der Waals surface area contributed by atoms with Crippen molar-refractivity contribution in [1.29, 1.82) is 0 Å². The summed E-state index contributed by atoms with van der Waals surface area (Å²) in [6.45, 7) is 3.12. The number of anilines is 2. The Bertz CT molecular complexity index is 793. The minimum Gasteiger partial charge on any atom is -0.406 e. The van der Waals surface area contributed by atoms with E-state index in [0.29, 0.717) is 11.4 Å². The summed E-state index contributed by atoms with van der Waals surface area (Å²) in [5.41, 5.74) is 1.02. The van der Waals surface area contributed by atoms with Crippen LogP contribution in [0.25, 0.3) is 0 Å². The van der Waals surface area contributed by atoms with Crippen LogP contribution in [0.1, 0.15) is 13.8 Å². The van der Waals surface area contributed by atoms with Gasteiger partial charge in [-0.15, -0.1) is 24.9 Å². The van der Waals surface area contributed by atoms with E-state index in [0.717, 1.165) is 17.0 Å². The van der Waals surface area contributed by atoms with Gasteiger partial charge in [-0.05, 0) is 55.5 Å². The zero-order chi connectivity index (χ0) is 20.0. The quantitative estimate of drug-likeness (QED) is 0.695. The van der Waals surface area contributed by atoms with E-state index in [1.54, 1.807) is 31.2 Å². The van der Waals surface area contributed by atoms with Crippen molar-refractivity contribution in [2.75, 3.05) is 10.6 Å². The van der Waals surface area contributed by atoms with Crippen LogP contribution < -0.4 is 15.4 Å². The van der Waals surface area contributed by atoms with E-state index in [9.17, 15) is 22.8 Å². The summed E-state index contributed by atoms with van der Waals surface area (Å²) in [7, 11) is 0. The maximum Gasteiger partial charge on any atom is 0.573 e. The van der Waals surface area contributed by atoms with Gasteiger partial charge in [-0.25, -0.2) is 0 Å². The number of carbonyl (C=O) groups excluding carboxylic acids is 2. The first-order valence-corrected chi connectivity index (χ1v) is 8.71. The summed E-state index contributed by atoms with van der Waals surface area (Å²) < 4.78 is 40.2. The fraction of sp³-hybridized carbons (Fsp3) is 0.222. The van der Waals surface area contributed by atoms with Crippen LogP contribution in [-0.2, 0) is 9.59 Å². The van der Waals surface area contributed by atoms with Crippen molar-refractivity contribution in [2.45, 2.75) is 30.4 Å². The van der Waals surface area contributed by atoms with Crippen LogP contribution in [0.15, 0.2) is 53.4 Å². The predicted molar refractivity (Wildman–Crippen MR) is 97.8 cm³/mol. The highest BCUT2D eigenvalue weighted by molar-refractivity contribution is 8.00. The third-order valence-corrected chi connectivity index (χ3v) is 4.32. The molecule has 0 aliphatic carbocycles. The highest BCUT2D eigenvalue weighted by atomic mass is 32.2. The molecule has 9 heteroatoms. The van der Waals surface area contributed by atoms with Gasteiger partial charge in [0, 0.05) is 23.2 Å². The summed E-state index contributed by atoms with van der Waals surface area (Å²) in [6.07, 6.45) is -4.76. The standard InChI is InChI=1S/C18H17F3N2O3S/c1-11(27-16-9-5-13(6-10-16)22-12(2)24)17(25)23-14-3-7-15(8-4-14)26-18(19,20)21/h3-11H,1-2H3,(H,22,24)(H,23,25)/t11-/m1/s1. The Labute approximate surface area is 158 Å². The van der Waals surface area contributed by atoms with Gasteiger partial charge in [0.2, 0.25) is 11.8 Å². The van der Waals surface area contributed by atoms with Crippen molar-refractivity contribution in [3.05, 3.63) is 48.5 Å². The molecule has 144 valence electrons. The van der Waals surface area contributed by atoms with Gasteiger partial charge in [0.15, 0.2) is 0 Å². The summed E-state index contributed by atoms with van der Waals surface area (Å²) >= 11 is 1.31. The normalized spacial score (nSPS) is 12.2. The molecule has 2 rings (SSSR count). The molecule has 2 aromatic carbocycles. The SMILES string of the molecule is CC(=O)Nc1ccc(S[C@H](C)C(=O)Nc2ccc(OC(F)(F)F)cc2)cc1. The number of amides is 2. The fourth-order valence-corrected chi connectivity index (χ4v) is 2.93. The van der Waals surface area contributed by atoms with Crippen LogP contribution in [-0.4, -0.2) is 23.4 Å². The van der Waals surface area contributed by atoms with Crippen LogP contribution in [0.3, 0.4) is 0 Å². The van der Waals surface area contributed by atoms with Crippen LogP contribution in [0.5, 0.6) is 5.75 Å². The molecule has 2 amide bonds. The lowest BCUT2D eigenvalue weighted by Gasteiger charge is -2.13. The van der Waals surface area contributed by atoms with E-state index < -0.39 is 11.6 Å². The zero-order valence-corrected chi connectivity index (χ0v) is 15.3. The van der Waals surface area contributed by atoms with Crippen molar-refractivity contribution >= 4 is 35.0 Å². The van der Waals surface area contributed by atoms with Crippen LogP contribution in [0.2, 0.25) is 0 Å².